The third kappa shape index (κ3) is 6.49. The van der Waals surface area contributed by atoms with Crippen molar-refractivity contribution in [2.24, 2.45) is 0 Å². The molecule has 3 aromatic carbocycles. The van der Waals surface area contributed by atoms with Crippen molar-refractivity contribution in [2.45, 2.75) is 62.3 Å². The van der Waals surface area contributed by atoms with Gasteiger partial charge in [0.05, 0.1) is 16.7 Å². The molecule has 0 bridgehead atoms. The van der Waals surface area contributed by atoms with E-state index >= 15 is 0 Å². The Morgan fingerprint density at radius 3 is 0.946 bits per heavy atom. The first-order chi connectivity index (χ1) is 17.3. The second-order valence-corrected chi connectivity index (χ2v) is 11.1. The minimum atomic E-state index is -3.62. The number of carbonyl (C=O) groups is 3. The van der Waals surface area contributed by atoms with Gasteiger partial charge in [0.2, 0.25) is 0 Å². The number of hydrogen-bond donors (Lipinski definition) is 0. The maximum absolute atomic E-state index is 13.2. The van der Waals surface area contributed by atoms with Crippen LogP contribution in [0.15, 0.2) is 36.4 Å². The first-order valence-corrected chi connectivity index (χ1v) is 13.6. The van der Waals surface area contributed by atoms with Gasteiger partial charge in [-0.2, -0.15) is 0 Å². The third-order valence-corrected chi connectivity index (χ3v) is 7.92. The second-order valence-electron chi connectivity index (χ2n) is 9.77. The van der Waals surface area contributed by atoms with E-state index in [1.165, 1.54) is 0 Å². The summed E-state index contributed by atoms with van der Waals surface area (Å²) in [4.78, 5) is 39.6. The quantitative estimate of drug-likeness (QED) is 0.357. The molecule has 0 heterocycles. The molecule has 0 saturated carbocycles. The van der Waals surface area contributed by atoms with Crippen LogP contribution in [0.5, 0.6) is 0 Å². The van der Waals surface area contributed by atoms with Crippen LogP contribution in [0.4, 0.5) is 0 Å². The van der Waals surface area contributed by atoms with Crippen molar-refractivity contribution in [1.82, 2.24) is 0 Å². The Balaban J connectivity index is 1.97. The van der Waals surface area contributed by atoms with E-state index in [9.17, 15) is 14.4 Å². The molecular weight excluding hydrogens is 483 g/mol. The smallest absolute Gasteiger partial charge is 0.547 e. The van der Waals surface area contributed by atoms with Gasteiger partial charge < -0.3 is 11.4 Å². The van der Waals surface area contributed by atoms with Crippen LogP contribution in [0.1, 0.15) is 81.1 Å². The maximum atomic E-state index is 13.2. The van der Waals surface area contributed by atoms with Crippen LogP contribution in [-0.2, 0) is 11.4 Å². The predicted molar refractivity (Wildman–Crippen MR) is 144 cm³/mol. The molecule has 3 aromatic rings. The van der Waals surface area contributed by atoms with Gasteiger partial charge in [-0.15, -0.1) is 0 Å². The van der Waals surface area contributed by atoms with Gasteiger partial charge >= 0.3 is 33.1 Å². The fourth-order valence-electron chi connectivity index (χ4n) is 4.28. The zero-order valence-corrected chi connectivity index (χ0v) is 24.1. The predicted octanol–water partition coefficient (Wildman–Crippen LogP) is 6.32. The van der Waals surface area contributed by atoms with Crippen LogP contribution in [0.25, 0.3) is 0 Å². The van der Waals surface area contributed by atoms with Crippen LogP contribution in [-0.4, -0.2) is 33.1 Å². The summed E-state index contributed by atoms with van der Waals surface area (Å²) in [6.07, 6.45) is 0. The summed E-state index contributed by atoms with van der Waals surface area (Å²) in [6.45, 7) is 16.8. The zero-order chi connectivity index (χ0) is 27.6. The van der Waals surface area contributed by atoms with Crippen molar-refractivity contribution >= 4 is 33.1 Å². The van der Waals surface area contributed by atoms with E-state index in [2.05, 4.69) is 0 Å². The van der Waals surface area contributed by atoms with Crippen LogP contribution in [0, 0.1) is 62.3 Å². The summed E-state index contributed by atoms with van der Waals surface area (Å²) >= 11 is -3.62. The summed E-state index contributed by atoms with van der Waals surface area (Å²) in [5.74, 6) is -2.09. The van der Waals surface area contributed by atoms with Crippen LogP contribution in [0.3, 0.4) is 0 Å². The van der Waals surface area contributed by atoms with Gasteiger partial charge in [-0.05, 0) is 131 Å². The van der Waals surface area contributed by atoms with E-state index in [0.717, 1.165) is 50.1 Å². The molecule has 7 heteroatoms. The molecule has 0 aliphatic carbocycles. The van der Waals surface area contributed by atoms with E-state index in [1.807, 2.05) is 80.5 Å². The standard InChI is InChI=1S/3C10H12O2.Al/c3*1-6-4-7(2)8(3)9(5-6)10(11)12;/h3*4-5H,1-3H3,(H,11,12);/q;;;+3/p-3. The highest BCUT2D eigenvalue weighted by molar-refractivity contribution is 6.45. The van der Waals surface area contributed by atoms with Crippen molar-refractivity contribution in [3.05, 3.63) is 103 Å². The number of rotatable bonds is 6. The van der Waals surface area contributed by atoms with Crippen molar-refractivity contribution in [1.29, 1.82) is 0 Å². The van der Waals surface area contributed by atoms with Crippen molar-refractivity contribution < 1.29 is 25.7 Å². The lowest BCUT2D eigenvalue weighted by molar-refractivity contribution is 0.0409. The summed E-state index contributed by atoms with van der Waals surface area (Å²) < 4.78 is 16.9. The number of hydrogen-bond acceptors (Lipinski definition) is 6. The lowest BCUT2D eigenvalue weighted by Crippen LogP contribution is -2.35. The van der Waals surface area contributed by atoms with Crippen LogP contribution >= 0.6 is 0 Å². The summed E-state index contributed by atoms with van der Waals surface area (Å²) in [7, 11) is 0. The van der Waals surface area contributed by atoms with Gasteiger partial charge in [0, 0.05) is 0 Å². The van der Waals surface area contributed by atoms with E-state index in [0.29, 0.717) is 16.7 Å². The summed E-state index contributed by atoms with van der Waals surface area (Å²) in [5.41, 5.74) is 8.70. The van der Waals surface area contributed by atoms with Crippen molar-refractivity contribution in [3.63, 3.8) is 0 Å². The van der Waals surface area contributed by atoms with E-state index in [-0.39, 0.29) is 0 Å². The molecule has 3 rings (SSSR count). The number of carbonyl (C=O) groups excluding carboxylic acids is 3. The lowest BCUT2D eigenvalue weighted by atomic mass is 10.0. The highest BCUT2D eigenvalue weighted by Gasteiger charge is 2.50. The van der Waals surface area contributed by atoms with E-state index < -0.39 is 33.1 Å². The fraction of sp³-hybridized carbons (Fsp3) is 0.300. The molecule has 0 amide bonds. The molecule has 0 unspecified atom stereocenters. The Morgan fingerprint density at radius 2 is 0.703 bits per heavy atom. The fourth-order valence-corrected chi connectivity index (χ4v) is 5.33. The van der Waals surface area contributed by atoms with Gasteiger partial charge in [0.15, 0.2) is 0 Å². The molecule has 37 heavy (non-hydrogen) atoms. The third-order valence-electron chi connectivity index (χ3n) is 6.70. The van der Waals surface area contributed by atoms with E-state index in [1.54, 1.807) is 18.2 Å². The normalized spacial score (nSPS) is 10.6. The first-order valence-electron chi connectivity index (χ1n) is 12.1. The summed E-state index contributed by atoms with van der Waals surface area (Å²) in [6, 6.07) is 11.0. The molecule has 0 atom stereocenters. The molecule has 0 fully saturated rings. The van der Waals surface area contributed by atoms with Gasteiger partial charge in [0.25, 0.3) is 0 Å². The molecule has 192 valence electrons. The Labute approximate surface area is 224 Å². The first kappa shape index (κ1) is 28.2. The average molecular weight is 517 g/mol. The topological polar surface area (TPSA) is 78.9 Å². The molecule has 0 aliphatic heterocycles. The highest BCUT2D eigenvalue weighted by Crippen LogP contribution is 2.22. The van der Waals surface area contributed by atoms with Gasteiger partial charge in [-0.1, -0.05) is 18.2 Å². The number of aryl methyl sites for hydroxylation is 6. The van der Waals surface area contributed by atoms with Gasteiger partial charge in [0.1, 0.15) is 0 Å². The largest absolute Gasteiger partial charge is 1.20 e. The summed E-state index contributed by atoms with van der Waals surface area (Å²) in [5, 5.41) is 0. The SMILES string of the molecule is Cc1cc(C)c(C)c(C(=O)[O][Al]([O]C(=O)c2cc(C)cc(C)c2C)[O]C(=O)c2cc(C)cc(C)c2C)c1. The highest BCUT2D eigenvalue weighted by atomic mass is 27.3. The Morgan fingerprint density at radius 1 is 0.459 bits per heavy atom. The number of benzene rings is 3. The molecule has 0 aromatic heterocycles. The minimum absolute atomic E-state index is 0.340. The Bertz CT molecular complexity index is 1240. The Kier molecular flexibility index (Phi) is 8.63. The molecule has 0 spiro atoms. The lowest BCUT2D eigenvalue weighted by Gasteiger charge is -2.17. The molecule has 0 radical (unpaired) electrons. The zero-order valence-electron chi connectivity index (χ0n) is 23.0. The minimum Gasteiger partial charge on any atom is -0.547 e. The molecular formula is C30H33AlO6. The second kappa shape index (κ2) is 11.3. The average Bonchev–Trinajstić information content (AvgIpc) is 2.80. The van der Waals surface area contributed by atoms with Gasteiger partial charge in [-0.3, -0.25) is 0 Å². The van der Waals surface area contributed by atoms with Gasteiger partial charge in [-0.25, -0.2) is 14.4 Å². The van der Waals surface area contributed by atoms with Crippen LogP contribution < -0.4 is 0 Å². The monoisotopic (exact) mass is 516 g/mol. The Hall–Kier alpha value is -3.40. The molecule has 0 N–H and O–H groups in total. The molecule has 0 aliphatic rings. The molecule has 6 nitrogen and oxygen atoms in total. The van der Waals surface area contributed by atoms with E-state index in [4.69, 9.17) is 11.4 Å². The van der Waals surface area contributed by atoms with Crippen molar-refractivity contribution in [3.8, 4) is 0 Å². The van der Waals surface area contributed by atoms with Crippen LogP contribution in [0.2, 0.25) is 0 Å². The maximum Gasteiger partial charge on any atom is 1.20 e. The van der Waals surface area contributed by atoms with Crippen molar-refractivity contribution in [2.75, 3.05) is 0 Å². The molecule has 0 saturated heterocycles.